The largest absolute Gasteiger partial charge is 0.330 e. The summed E-state index contributed by atoms with van der Waals surface area (Å²) in [6.45, 7) is 9.99. The van der Waals surface area contributed by atoms with Gasteiger partial charge in [-0.1, -0.05) is 34.1 Å². The Bertz CT molecular complexity index is 108. The van der Waals surface area contributed by atoms with Gasteiger partial charge in [-0.15, -0.1) is 0 Å². The summed E-state index contributed by atoms with van der Waals surface area (Å²) in [5.74, 6) is 2.28. The Kier molecular flexibility index (Phi) is 7.35. The number of unbranched alkanes of at least 4 members (excludes halogenated alkanes) is 1. The molecule has 0 amide bonds. The Morgan fingerprint density at radius 3 is 2.08 bits per heavy atom. The quantitative estimate of drug-likeness (QED) is 0.604. The fraction of sp³-hybridized carbons (Fsp3) is 0.917. The van der Waals surface area contributed by atoms with Gasteiger partial charge in [0.1, 0.15) is 0 Å². The van der Waals surface area contributed by atoms with Crippen molar-refractivity contribution in [2.24, 2.45) is 23.5 Å². The van der Waals surface area contributed by atoms with E-state index in [0.29, 0.717) is 5.92 Å². The van der Waals surface area contributed by atoms with Crippen LogP contribution in [0.25, 0.3) is 0 Å². The molecule has 0 saturated carbocycles. The van der Waals surface area contributed by atoms with Crippen molar-refractivity contribution in [1.29, 1.82) is 0 Å². The van der Waals surface area contributed by atoms with E-state index in [9.17, 15) is 0 Å². The maximum Gasteiger partial charge on any atom is -0.00773 e. The van der Waals surface area contributed by atoms with Crippen LogP contribution in [0.1, 0.15) is 47.0 Å². The van der Waals surface area contributed by atoms with Crippen LogP contribution in [0.5, 0.6) is 0 Å². The summed E-state index contributed by atoms with van der Waals surface area (Å²) in [4.78, 5) is 0. The second-order valence-corrected chi connectivity index (χ2v) is 4.63. The first kappa shape index (κ1) is 13.0. The van der Waals surface area contributed by atoms with Crippen LogP contribution < -0.4 is 5.73 Å². The van der Waals surface area contributed by atoms with Crippen LogP contribution in [-0.2, 0) is 0 Å². The average Bonchev–Trinajstić information content (AvgIpc) is 2.02. The van der Waals surface area contributed by atoms with Gasteiger partial charge in [0.25, 0.3) is 0 Å². The molecule has 1 radical (unpaired) electrons. The van der Waals surface area contributed by atoms with Crippen molar-refractivity contribution in [1.82, 2.24) is 0 Å². The number of hydrogen-bond donors (Lipinski definition) is 1. The van der Waals surface area contributed by atoms with Crippen LogP contribution in [0.2, 0.25) is 0 Å². The van der Waals surface area contributed by atoms with E-state index in [1.54, 1.807) is 0 Å². The highest BCUT2D eigenvalue weighted by Gasteiger charge is 2.14. The SMILES string of the molecule is CC(C)[CH]C(CCCCN)C(C)C. The predicted molar refractivity (Wildman–Crippen MR) is 60.4 cm³/mol. The van der Waals surface area contributed by atoms with E-state index in [1.165, 1.54) is 19.3 Å². The van der Waals surface area contributed by atoms with Gasteiger partial charge in [-0.05, 0) is 43.6 Å². The lowest BCUT2D eigenvalue weighted by Crippen LogP contribution is -2.13. The molecule has 0 heterocycles. The van der Waals surface area contributed by atoms with Gasteiger partial charge in [-0.3, -0.25) is 0 Å². The molecule has 0 bridgehead atoms. The molecule has 0 aliphatic carbocycles. The van der Waals surface area contributed by atoms with Gasteiger partial charge in [0.15, 0.2) is 0 Å². The molecule has 1 unspecified atom stereocenters. The molecule has 0 spiro atoms. The topological polar surface area (TPSA) is 26.0 Å². The summed E-state index contributed by atoms with van der Waals surface area (Å²) >= 11 is 0. The summed E-state index contributed by atoms with van der Waals surface area (Å²) in [7, 11) is 0. The Balaban J connectivity index is 3.67. The summed E-state index contributed by atoms with van der Waals surface area (Å²) in [6, 6.07) is 0. The molecule has 79 valence electrons. The van der Waals surface area contributed by atoms with Gasteiger partial charge in [0.2, 0.25) is 0 Å². The second-order valence-electron chi connectivity index (χ2n) is 4.63. The van der Waals surface area contributed by atoms with Crippen molar-refractivity contribution in [3.8, 4) is 0 Å². The molecule has 1 nitrogen and oxygen atoms in total. The minimum absolute atomic E-state index is 0.713. The molecule has 0 aromatic heterocycles. The summed E-state index contributed by atoms with van der Waals surface area (Å²) in [5.41, 5.74) is 5.48. The molecule has 2 N–H and O–H groups in total. The Labute approximate surface area is 84.1 Å². The van der Waals surface area contributed by atoms with Crippen molar-refractivity contribution >= 4 is 0 Å². The Morgan fingerprint density at radius 1 is 1.08 bits per heavy atom. The highest BCUT2D eigenvalue weighted by atomic mass is 14.5. The maximum absolute atomic E-state index is 5.48. The molecular formula is C12H26N. The van der Waals surface area contributed by atoms with E-state index in [4.69, 9.17) is 5.73 Å². The van der Waals surface area contributed by atoms with Crippen LogP contribution in [0.15, 0.2) is 0 Å². The first-order valence-corrected chi connectivity index (χ1v) is 5.63. The Hall–Kier alpha value is -0.0400. The van der Waals surface area contributed by atoms with Crippen molar-refractivity contribution < 1.29 is 0 Å². The van der Waals surface area contributed by atoms with E-state index in [0.717, 1.165) is 18.4 Å². The van der Waals surface area contributed by atoms with Gasteiger partial charge in [0.05, 0.1) is 0 Å². The molecule has 0 rings (SSSR count). The van der Waals surface area contributed by atoms with Gasteiger partial charge in [-0.25, -0.2) is 0 Å². The monoisotopic (exact) mass is 184 g/mol. The summed E-state index contributed by atoms with van der Waals surface area (Å²) in [6.07, 6.45) is 6.26. The van der Waals surface area contributed by atoms with Crippen LogP contribution in [0, 0.1) is 24.2 Å². The minimum atomic E-state index is 0.713. The van der Waals surface area contributed by atoms with Crippen molar-refractivity contribution in [3.05, 3.63) is 6.42 Å². The highest BCUT2D eigenvalue weighted by molar-refractivity contribution is 4.81. The lowest BCUT2D eigenvalue weighted by Gasteiger charge is -2.22. The van der Waals surface area contributed by atoms with Crippen molar-refractivity contribution in [2.45, 2.75) is 47.0 Å². The first-order valence-electron chi connectivity index (χ1n) is 5.63. The predicted octanol–water partition coefficient (Wildman–Crippen LogP) is 3.25. The van der Waals surface area contributed by atoms with E-state index in [2.05, 4.69) is 34.1 Å². The lowest BCUT2D eigenvalue weighted by molar-refractivity contribution is 0.368. The summed E-state index contributed by atoms with van der Waals surface area (Å²) in [5, 5.41) is 0. The van der Waals surface area contributed by atoms with Crippen molar-refractivity contribution in [3.63, 3.8) is 0 Å². The number of hydrogen-bond acceptors (Lipinski definition) is 1. The number of rotatable bonds is 7. The van der Waals surface area contributed by atoms with Crippen LogP contribution in [0.3, 0.4) is 0 Å². The van der Waals surface area contributed by atoms with Gasteiger partial charge in [0, 0.05) is 0 Å². The van der Waals surface area contributed by atoms with E-state index in [-0.39, 0.29) is 0 Å². The zero-order valence-electron chi connectivity index (χ0n) is 9.72. The molecule has 0 fully saturated rings. The Morgan fingerprint density at radius 2 is 1.69 bits per heavy atom. The third-order valence-corrected chi connectivity index (χ3v) is 2.48. The normalized spacial score (nSPS) is 14.1. The average molecular weight is 184 g/mol. The van der Waals surface area contributed by atoms with Crippen molar-refractivity contribution in [2.75, 3.05) is 6.54 Å². The third-order valence-electron chi connectivity index (χ3n) is 2.48. The zero-order chi connectivity index (χ0) is 10.3. The summed E-state index contributed by atoms with van der Waals surface area (Å²) < 4.78 is 0. The molecule has 1 atom stereocenters. The smallest absolute Gasteiger partial charge is 0.00773 e. The lowest BCUT2D eigenvalue weighted by atomic mass is 9.84. The molecule has 0 aromatic rings. The molecule has 0 aliphatic rings. The molecular weight excluding hydrogens is 158 g/mol. The highest BCUT2D eigenvalue weighted by Crippen LogP contribution is 2.24. The van der Waals surface area contributed by atoms with Crippen LogP contribution >= 0.6 is 0 Å². The molecule has 1 heteroatoms. The molecule has 0 aromatic carbocycles. The standard InChI is InChI=1S/C12H26N/c1-10(2)9-12(11(3)4)7-5-6-8-13/h9-12H,5-8,13H2,1-4H3. The van der Waals surface area contributed by atoms with Crippen LogP contribution in [-0.4, -0.2) is 6.54 Å². The fourth-order valence-corrected chi connectivity index (χ4v) is 1.67. The second kappa shape index (κ2) is 7.37. The molecule has 13 heavy (non-hydrogen) atoms. The maximum atomic E-state index is 5.48. The molecule has 0 aliphatic heterocycles. The fourth-order valence-electron chi connectivity index (χ4n) is 1.67. The zero-order valence-corrected chi connectivity index (χ0v) is 9.72. The van der Waals surface area contributed by atoms with Gasteiger partial charge in [-0.2, -0.15) is 0 Å². The van der Waals surface area contributed by atoms with Crippen LogP contribution in [0.4, 0.5) is 0 Å². The van der Waals surface area contributed by atoms with E-state index in [1.807, 2.05) is 0 Å². The first-order chi connectivity index (χ1) is 6.07. The third kappa shape index (κ3) is 7.06. The van der Waals surface area contributed by atoms with Gasteiger partial charge < -0.3 is 5.73 Å². The van der Waals surface area contributed by atoms with Gasteiger partial charge >= 0.3 is 0 Å². The minimum Gasteiger partial charge on any atom is -0.330 e. The molecule has 0 saturated heterocycles. The number of nitrogens with two attached hydrogens (primary N) is 1. The van der Waals surface area contributed by atoms with E-state index < -0.39 is 0 Å². The van der Waals surface area contributed by atoms with E-state index >= 15 is 0 Å².